The lowest BCUT2D eigenvalue weighted by Crippen LogP contribution is -2.16. The first-order valence-electron chi connectivity index (χ1n) is 4.59. The topological polar surface area (TPSA) is 34.9 Å². The highest BCUT2D eigenvalue weighted by Gasteiger charge is 1.99. The van der Waals surface area contributed by atoms with Crippen molar-refractivity contribution >= 4 is 6.20 Å². The molecule has 0 aliphatic heterocycles. The lowest BCUT2D eigenvalue weighted by molar-refractivity contribution is 0.860. The van der Waals surface area contributed by atoms with E-state index in [1.165, 1.54) is 16.9 Å². The van der Waals surface area contributed by atoms with Crippen LogP contribution in [0.15, 0.2) is 53.8 Å². The number of rotatable bonds is 2. The van der Waals surface area contributed by atoms with E-state index >= 15 is 0 Å². The molecule has 74 valence electrons. The molecule has 15 heavy (non-hydrogen) atoms. The summed E-state index contributed by atoms with van der Waals surface area (Å²) in [6.45, 7) is 3.53. The quantitative estimate of drug-likeness (QED) is 0.739. The highest BCUT2D eigenvalue weighted by molar-refractivity contribution is 5.58. The van der Waals surface area contributed by atoms with Gasteiger partial charge in [0.2, 0.25) is 0 Å². The zero-order valence-corrected chi connectivity index (χ0v) is 8.13. The highest BCUT2D eigenvalue weighted by atomic mass is 16.1. The summed E-state index contributed by atoms with van der Waals surface area (Å²) in [6.07, 6.45) is 1.40. The molecule has 1 aromatic heterocycles. The fourth-order valence-corrected chi connectivity index (χ4v) is 1.32. The van der Waals surface area contributed by atoms with E-state index in [2.05, 4.69) is 11.7 Å². The minimum Gasteiger partial charge on any atom is -0.267 e. The molecule has 0 N–H and O–H groups in total. The van der Waals surface area contributed by atoms with Gasteiger partial charge < -0.3 is 0 Å². The predicted molar refractivity (Wildman–Crippen MR) is 60.3 cm³/mol. The molecule has 0 aliphatic carbocycles. The van der Waals surface area contributed by atoms with Crippen LogP contribution in [0.1, 0.15) is 0 Å². The number of hydrogen-bond acceptors (Lipinski definition) is 2. The van der Waals surface area contributed by atoms with Crippen LogP contribution in [-0.4, -0.2) is 9.78 Å². The monoisotopic (exact) mass is 198 g/mol. The number of hydrogen-bond donors (Lipinski definition) is 0. The van der Waals surface area contributed by atoms with Gasteiger partial charge in [0, 0.05) is 17.8 Å². The summed E-state index contributed by atoms with van der Waals surface area (Å²) >= 11 is 0. The SMILES string of the molecule is C=Cn1nc(-c2ccccc2)ccc1=O. The van der Waals surface area contributed by atoms with Crippen LogP contribution in [-0.2, 0) is 0 Å². The number of benzene rings is 1. The van der Waals surface area contributed by atoms with Gasteiger partial charge in [-0.1, -0.05) is 36.9 Å². The highest BCUT2D eigenvalue weighted by Crippen LogP contribution is 2.13. The van der Waals surface area contributed by atoms with Crippen molar-refractivity contribution in [2.24, 2.45) is 0 Å². The van der Waals surface area contributed by atoms with Crippen molar-refractivity contribution in [2.75, 3.05) is 0 Å². The molecule has 0 unspecified atom stereocenters. The molecule has 0 atom stereocenters. The zero-order chi connectivity index (χ0) is 10.7. The van der Waals surface area contributed by atoms with Crippen LogP contribution in [0.5, 0.6) is 0 Å². The molecule has 1 heterocycles. The maximum atomic E-state index is 11.3. The third kappa shape index (κ3) is 1.86. The average Bonchev–Trinajstić information content (AvgIpc) is 2.31. The van der Waals surface area contributed by atoms with Gasteiger partial charge in [-0.3, -0.25) is 4.79 Å². The lowest BCUT2D eigenvalue weighted by atomic mass is 10.1. The van der Waals surface area contributed by atoms with Gasteiger partial charge in [-0.15, -0.1) is 0 Å². The Bertz CT molecular complexity index is 529. The van der Waals surface area contributed by atoms with Gasteiger partial charge in [0.1, 0.15) is 0 Å². The van der Waals surface area contributed by atoms with Gasteiger partial charge >= 0.3 is 0 Å². The maximum Gasteiger partial charge on any atom is 0.270 e. The van der Waals surface area contributed by atoms with Gasteiger partial charge in [-0.25, -0.2) is 4.68 Å². The standard InChI is InChI=1S/C12H10N2O/c1-2-14-12(15)9-8-11(13-14)10-6-4-3-5-7-10/h2-9H,1H2. The third-order valence-electron chi connectivity index (χ3n) is 2.07. The Balaban J connectivity index is 2.56. The minimum absolute atomic E-state index is 0.176. The Hall–Kier alpha value is -2.16. The zero-order valence-electron chi connectivity index (χ0n) is 8.13. The molecule has 3 nitrogen and oxygen atoms in total. The van der Waals surface area contributed by atoms with Gasteiger partial charge in [-0.2, -0.15) is 5.10 Å². The Kier molecular flexibility index (Phi) is 2.46. The molecule has 2 rings (SSSR count). The smallest absolute Gasteiger partial charge is 0.267 e. The molecule has 2 aromatic rings. The first-order valence-corrected chi connectivity index (χ1v) is 4.59. The van der Waals surface area contributed by atoms with Crippen molar-refractivity contribution in [1.82, 2.24) is 9.78 Å². The molecule has 0 radical (unpaired) electrons. The van der Waals surface area contributed by atoms with Crippen LogP contribution in [0.3, 0.4) is 0 Å². The summed E-state index contributed by atoms with van der Waals surface area (Å²) in [4.78, 5) is 11.3. The van der Waals surface area contributed by atoms with Crippen LogP contribution in [0.25, 0.3) is 17.5 Å². The minimum atomic E-state index is -0.176. The van der Waals surface area contributed by atoms with E-state index in [0.29, 0.717) is 0 Å². The second-order valence-electron chi connectivity index (χ2n) is 3.05. The fraction of sp³-hybridized carbons (Fsp3) is 0. The molecular formula is C12H10N2O. The van der Waals surface area contributed by atoms with E-state index in [1.807, 2.05) is 30.3 Å². The van der Waals surface area contributed by atoms with Crippen molar-refractivity contribution in [3.8, 4) is 11.3 Å². The second kappa shape index (κ2) is 3.92. The van der Waals surface area contributed by atoms with Crippen molar-refractivity contribution in [1.29, 1.82) is 0 Å². The molecule has 1 aromatic carbocycles. The molecule has 0 saturated heterocycles. The largest absolute Gasteiger partial charge is 0.270 e. The van der Waals surface area contributed by atoms with Crippen molar-refractivity contribution in [3.63, 3.8) is 0 Å². The number of nitrogens with zero attached hydrogens (tertiary/aromatic N) is 2. The van der Waals surface area contributed by atoms with Crippen molar-refractivity contribution in [2.45, 2.75) is 0 Å². The average molecular weight is 198 g/mol. The van der Waals surface area contributed by atoms with Crippen LogP contribution in [0.2, 0.25) is 0 Å². The second-order valence-corrected chi connectivity index (χ2v) is 3.05. The molecule has 0 fully saturated rings. The molecule has 0 amide bonds. The van der Waals surface area contributed by atoms with E-state index in [0.717, 1.165) is 11.3 Å². The van der Waals surface area contributed by atoms with Crippen molar-refractivity contribution < 1.29 is 0 Å². The lowest BCUT2D eigenvalue weighted by Gasteiger charge is -2.01. The summed E-state index contributed by atoms with van der Waals surface area (Å²) in [5.74, 6) is 0. The third-order valence-corrected chi connectivity index (χ3v) is 2.07. The molecule has 3 heteroatoms. The van der Waals surface area contributed by atoms with Crippen LogP contribution >= 0.6 is 0 Å². The van der Waals surface area contributed by atoms with Gasteiger partial charge in [0.05, 0.1) is 5.69 Å². The number of aromatic nitrogens is 2. The fourth-order valence-electron chi connectivity index (χ4n) is 1.32. The van der Waals surface area contributed by atoms with E-state index in [4.69, 9.17) is 0 Å². The Morgan fingerprint density at radius 3 is 2.53 bits per heavy atom. The summed E-state index contributed by atoms with van der Waals surface area (Å²) in [6, 6.07) is 12.9. The summed E-state index contributed by atoms with van der Waals surface area (Å²) < 4.78 is 1.22. The van der Waals surface area contributed by atoms with Gasteiger partial charge in [-0.05, 0) is 6.07 Å². The van der Waals surface area contributed by atoms with Crippen LogP contribution in [0, 0.1) is 0 Å². The van der Waals surface area contributed by atoms with E-state index in [1.54, 1.807) is 6.07 Å². The van der Waals surface area contributed by atoms with Gasteiger partial charge in [0.25, 0.3) is 5.56 Å². The van der Waals surface area contributed by atoms with E-state index < -0.39 is 0 Å². The van der Waals surface area contributed by atoms with Crippen molar-refractivity contribution in [3.05, 3.63) is 59.4 Å². The van der Waals surface area contributed by atoms with Gasteiger partial charge in [0.15, 0.2) is 0 Å². The molecule has 0 saturated carbocycles. The van der Waals surface area contributed by atoms with Crippen LogP contribution in [0.4, 0.5) is 0 Å². The first kappa shape index (κ1) is 9.40. The molecule has 0 bridgehead atoms. The summed E-state index contributed by atoms with van der Waals surface area (Å²) in [5, 5.41) is 4.15. The maximum absolute atomic E-state index is 11.3. The first-order chi connectivity index (χ1) is 7.31. The van der Waals surface area contributed by atoms with E-state index in [-0.39, 0.29) is 5.56 Å². The molecule has 0 aliphatic rings. The summed E-state index contributed by atoms with van der Waals surface area (Å²) in [7, 11) is 0. The van der Waals surface area contributed by atoms with E-state index in [9.17, 15) is 4.79 Å². The Morgan fingerprint density at radius 2 is 1.87 bits per heavy atom. The molecular weight excluding hydrogens is 188 g/mol. The Morgan fingerprint density at radius 1 is 1.13 bits per heavy atom. The predicted octanol–water partition coefficient (Wildman–Crippen LogP) is 2.01. The summed E-state index contributed by atoms with van der Waals surface area (Å²) in [5.41, 5.74) is 1.56. The molecule has 0 spiro atoms. The van der Waals surface area contributed by atoms with Crippen LogP contribution < -0.4 is 5.56 Å². The Labute approximate surface area is 87.3 Å². The normalized spacial score (nSPS) is 9.87.